The van der Waals surface area contributed by atoms with E-state index in [2.05, 4.69) is 64.4 Å². The Balaban J connectivity index is 1.73. The average Bonchev–Trinajstić information content (AvgIpc) is 2.63. The van der Waals surface area contributed by atoms with Gasteiger partial charge in [-0.3, -0.25) is 14.9 Å². The van der Waals surface area contributed by atoms with Crippen molar-refractivity contribution >= 4 is 5.69 Å². The minimum atomic E-state index is 0.735. The molecular formula is C21H24N4. The molecule has 1 aromatic carbocycles. The molecule has 4 nitrogen and oxygen atoms in total. The molecule has 0 amide bonds. The molecule has 0 fully saturated rings. The molecule has 128 valence electrons. The van der Waals surface area contributed by atoms with Crippen molar-refractivity contribution in [2.75, 3.05) is 12.0 Å². The van der Waals surface area contributed by atoms with Crippen LogP contribution in [0.3, 0.4) is 0 Å². The number of hydrogen-bond acceptors (Lipinski definition) is 4. The Kier molecular flexibility index (Phi) is 5.75. The second-order valence-electron chi connectivity index (χ2n) is 6.23. The van der Waals surface area contributed by atoms with Gasteiger partial charge in [-0.15, -0.1) is 0 Å². The molecule has 2 heterocycles. The quantitative estimate of drug-likeness (QED) is 0.660. The van der Waals surface area contributed by atoms with Crippen LogP contribution in [-0.2, 0) is 13.1 Å². The molecule has 25 heavy (non-hydrogen) atoms. The number of nitrogens with zero attached hydrogens (tertiary/aromatic N) is 3. The van der Waals surface area contributed by atoms with Gasteiger partial charge in [0.25, 0.3) is 0 Å². The topological polar surface area (TPSA) is 41.0 Å². The van der Waals surface area contributed by atoms with Gasteiger partial charge in [-0.1, -0.05) is 30.3 Å². The lowest BCUT2D eigenvalue weighted by Crippen LogP contribution is -2.29. The van der Waals surface area contributed by atoms with Crippen LogP contribution >= 0.6 is 0 Å². The highest BCUT2D eigenvalue weighted by molar-refractivity contribution is 5.56. The SMILES string of the molecule is Cc1cccc(C)c1NCN(Cc1ccccn1)Cc1ccccn1. The highest BCUT2D eigenvalue weighted by Gasteiger charge is 2.10. The van der Waals surface area contributed by atoms with E-state index in [4.69, 9.17) is 0 Å². The number of nitrogens with one attached hydrogen (secondary N) is 1. The third-order valence-corrected chi connectivity index (χ3v) is 4.18. The average molecular weight is 332 g/mol. The van der Waals surface area contributed by atoms with Crippen LogP contribution < -0.4 is 5.32 Å². The van der Waals surface area contributed by atoms with Gasteiger partial charge in [0.2, 0.25) is 0 Å². The summed E-state index contributed by atoms with van der Waals surface area (Å²) in [6.07, 6.45) is 3.68. The van der Waals surface area contributed by atoms with Crippen LogP contribution in [0.25, 0.3) is 0 Å². The fraction of sp³-hybridized carbons (Fsp3) is 0.238. The lowest BCUT2D eigenvalue weighted by molar-refractivity contribution is 0.269. The van der Waals surface area contributed by atoms with E-state index in [-0.39, 0.29) is 0 Å². The molecule has 0 unspecified atom stereocenters. The van der Waals surface area contributed by atoms with Crippen molar-refractivity contribution in [3.05, 3.63) is 89.5 Å². The van der Waals surface area contributed by atoms with Gasteiger partial charge in [0.05, 0.1) is 18.1 Å². The molecule has 0 spiro atoms. The van der Waals surface area contributed by atoms with Crippen LogP contribution in [0.1, 0.15) is 22.5 Å². The van der Waals surface area contributed by atoms with Crippen molar-refractivity contribution < 1.29 is 0 Å². The molecule has 4 heteroatoms. The molecule has 0 aliphatic rings. The van der Waals surface area contributed by atoms with Gasteiger partial charge in [0.15, 0.2) is 0 Å². The largest absolute Gasteiger partial charge is 0.372 e. The summed E-state index contributed by atoms with van der Waals surface area (Å²) in [4.78, 5) is 11.2. The van der Waals surface area contributed by atoms with E-state index in [1.54, 1.807) is 0 Å². The standard InChI is InChI=1S/C21H24N4/c1-17-8-7-9-18(2)21(17)24-16-25(14-19-10-3-5-12-22-19)15-20-11-4-6-13-23-20/h3-13,24H,14-16H2,1-2H3. The van der Waals surface area contributed by atoms with Crippen molar-refractivity contribution in [2.24, 2.45) is 0 Å². The molecule has 0 atom stereocenters. The predicted molar refractivity (Wildman–Crippen MR) is 102 cm³/mol. The monoisotopic (exact) mass is 332 g/mol. The Morgan fingerprint density at radius 2 is 1.32 bits per heavy atom. The number of hydrogen-bond donors (Lipinski definition) is 1. The summed E-state index contributed by atoms with van der Waals surface area (Å²) in [6.45, 7) is 6.55. The van der Waals surface area contributed by atoms with Crippen LogP contribution in [0.2, 0.25) is 0 Å². The molecule has 3 aromatic rings. The zero-order valence-corrected chi connectivity index (χ0v) is 14.8. The van der Waals surface area contributed by atoms with Gasteiger partial charge >= 0.3 is 0 Å². The van der Waals surface area contributed by atoms with Crippen LogP contribution in [0.15, 0.2) is 67.0 Å². The van der Waals surface area contributed by atoms with E-state index in [9.17, 15) is 0 Å². The van der Waals surface area contributed by atoms with Crippen molar-refractivity contribution in [3.63, 3.8) is 0 Å². The number of aryl methyl sites for hydroxylation is 2. The van der Waals surface area contributed by atoms with Gasteiger partial charge in [-0.2, -0.15) is 0 Å². The van der Waals surface area contributed by atoms with Gasteiger partial charge < -0.3 is 5.32 Å². The summed E-state index contributed by atoms with van der Waals surface area (Å²) in [5, 5.41) is 3.59. The van der Waals surface area contributed by atoms with Crippen LogP contribution in [0.5, 0.6) is 0 Å². The zero-order chi connectivity index (χ0) is 17.5. The van der Waals surface area contributed by atoms with Gasteiger partial charge in [0, 0.05) is 31.2 Å². The van der Waals surface area contributed by atoms with Gasteiger partial charge in [-0.05, 0) is 49.2 Å². The fourth-order valence-corrected chi connectivity index (χ4v) is 2.89. The highest BCUT2D eigenvalue weighted by Crippen LogP contribution is 2.19. The zero-order valence-electron chi connectivity index (χ0n) is 14.8. The first-order chi connectivity index (χ1) is 12.2. The molecule has 3 rings (SSSR count). The van der Waals surface area contributed by atoms with E-state index in [0.29, 0.717) is 0 Å². The second-order valence-corrected chi connectivity index (χ2v) is 6.23. The molecular weight excluding hydrogens is 308 g/mol. The summed E-state index contributed by atoms with van der Waals surface area (Å²) >= 11 is 0. The number of para-hydroxylation sites is 1. The maximum atomic E-state index is 4.46. The maximum absolute atomic E-state index is 4.46. The molecule has 2 aromatic heterocycles. The molecule has 0 saturated carbocycles. The number of rotatable bonds is 7. The third kappa shape index (κ3) is 4.88. The number of aromatic nitrogens is 2. The van der Waals surface area contributed by atoms with Crippen molar-refractivity contribution in [1.82, 2.24) is 14.9 Å². The fourth-order valence-electron chi connectivity index (χ4n) is 2.89. The minimum absolute atomic E-state index is 0.735. The number of benzene rings is 1. The Morgan fingerprint density at radius 1 is 0.760 bits per heavy atom. The molecule has 0 bridgehead atoms. The molecule has 1 N–H and O–H groups in total. The Labute approximate surface area is 149 Å². The first-order valence-corrected chi connectivity index (χ1v) is 8.54. The third-order valence-electron chi connectivity index (χ3n) is 4.18. The van der Waals surface area contributed by atoms with E-state index in [1.807, 2.05) is 36.7 Å². The van der Waals surface area contributed by atoms with Crippen molar-refractivity contribution in [2.45, 2.75) is 26.9 Å². The number of pyridine rings is 2. The van der Waals surface area contributed by atoms with Crippen LogP contribution in [-0.4, -0.2) is 21.5 Å². The molecule has 0 saturated heterocycles. The van der Waals surface area contributed by atoms with Gasteiger partial charge in [-0.25, -0.2) is 0 Å². The summed E-state index contributed by atoms with van der Waals surface area (Å²) in [6, 6.07) is 18.4. The second kappa shape index (κ2) is 8.40. The summed E-state index contributed by atoms with van der Waals surface area (Å²) in [7, 11) is 0. The normalized spacial score (nSPS) is 10.8. The summed E-state index contributed by atoms with van der Waals surface area (Å²) in [5.74, 6) is 0. The predicted octanol–water partition coefficient (Wildman–Crippen LogP) is 4.17. The van der Waals surface area contributed by atoms with Crippen molar-refractivity contribution in [3.8, 4) is 0 Å². The lowest BCUT2D eigenvalue weighted by atomic mass is 10.1. The van der Waals surface area contributed by atoms with Crippen LogP contribution in [0.4, 0.5) is 5.69 Å². The first kappa shape index (κ1) is 17.1. The lowest BCUT2D eigenvalue weighted by Gasteiger charge is -2.24. The Morgan fingerprint density at radius 3 is 1.80 bits per heavy atom. The van der Waals surface area contributed by atoms with Gasteiger partial charge in [0.1, 0.15) is 0 Å². The first-order valence-electron chi connectivity index (χ1n) is 8.54. The maximum Gasteiger partial charge on any atom is 0.0685 e. The number of anilines is 1. The summed E-state index contributed by atoms with van der Waals surface area (Å²) < 4.78 is 0. The van der Waals surface area contributed by atoms with Crippen LogP contribution in [0, 0.1) is 13.8 Å². The minimum Gasteiger partial charge on any atom is -0.372 e. The summed E-state index contributed by atoms with van der Waals surface area (Å²) in [5.41, 5.74) is 5.84. The van der Waals surface area contributed by atoms with E-state index < -0.39 is 0 Å². The van der Waals surface area contributed by atoms with E-state index in [0.717, 1.165) is 31.1 Å². The van der Waals surface area contributed by atoms with Crippen molar-refractivity contribution in [1.29, 1.82) is 0 Å². The van der Waals surface area contributed by atoms with E-state index in [1.165, 1.54) is 16.8 Å². The van der Waals surface area contributed by atoms with E-state index >= 15 is 0 Å². The smallest absolute Gasteiger partial charge is 0.0685 e. The highest BCUT2D eigenvalue weighted by atomic mass is 15.2. The Bertz CT molecular complexity index is 726. The Hall–Kier alpha value is -2.72. The molecule has 0 aliphatic heterocycles. The molecule has 0 radical (unpaired) electrons. The molecule has 0 aliphatic carbocycles.